The summed E-state index contributed by atoms with van der Waals surface area (Å²) in [5.74, 6) is -0.623. The number of nitrogens with one attached hydrogen (secondary N) is 1. The van der Waals surface area contributed by atoms with E-state index in [9.17, 15) is 9.59 Å². The first-order chi connectivity index (χ1) is 12.3. The van der Waals surface area contributed by atoms with Gasteiger partial charge in [-0.25, -0.2) is 4.79 Å². The number of urea groups is 1. The van der Waals surface area contributed by atoms with Gasteiger partial charge in [0.1, 0.15) is 5.70 Å². The van der Waals surface area contributed by atoms with Crippen LogP contribution in [0.25, 0.3) is 6.08 Å². The second-order valence-electron chi connectivity index (χ2n) is 5.18. The van der Waals surface area contributed by atoms with Crippen LogP contribution in [-0.2, 0) is 4.79 Å². The number of carbonyl (C=O) groups excluding carboxylic acids is 2. The molecule has 3 rings (SSSR count). The highest BCUT2D eigenvalue weighted by atomic mass is 35.5. The fourth-order valence-electron chi connectivity index (χ4n) is 2.13. The van der Waals surface area contributed by atoms with Gasteiger partial charge in [0.15, 0.2) is 0 Å². The number of carbonyl (C=O) groups is 2. The van der Waals surface area contributed by atoms with E-state index in [1.54, 1.807) is 24.3 Å². The Morgan fingerprint density at radius 2 is 1.46 bits per heavy atom. The number of benzene rings is 2. The van der Waals surface area contributed by atoms with E-state index in [2.05, 4.69) is 10.4 Å². The largest absolute Gasteiger partial charge is 0.350 e. The standard InChI is InChI=1S/C17H9Cl4N3O2/c18-11-3-1-9(13(20)6-11)5-15-16(25)24(17(26)23-15)22-8-10-2-4-12(19)7-14(10)21/h1-8H,(H,23,26)/b15-5-,22-8-. The van der Waals surface area contributed by atoms with Crippen LogP contribution in [0.3, 0.4) is 0 Å². The number of hydrazone groups is 1. The van der Waals surface area contributed by atoms with Crippen LogP contribution < -0.4 is 5.32 Å². The van der Waals surface area contributed by atoms with Crippen LogP contribution in [0.15, 0.2) is 47.2 Å². The lowest BCUT2D eigenvalue weighted by Crippen LogP contribution is -2.25. The van der Waals surface area contributed by atoms with Gasteiger partial charge >= 0.3 is 6.03 Å². The molecular formula is C17H9Cl4N3O2. The molecule has 26 heavy (non-hydrogen) atoms. The average Bonchev–Trinajstić information content (AvgIpc) is 2.83. The van der Waals surface area contributed by atoms with Gasteiger partial charge in [0.25, 0.3) is 5.91 Å². The molecule has 3 amide bonds. The van der Waals surface area contributed by atoms with Crippen molar-refractivity contribution in [2.45, 2.75) is 0 Å². The number of halogens is 4. The van der Waals surface area contributed by atoms with Crippen LogP contribution in [-0.4, -0.2) is 23.2 Å². The van der Waals surface area contributed by atoms with Crippen molar-refractivity contribution in [3.8, 4) is 0 Å². The predicted octanol–water partition coefficient (Wildman–Crippen LogP) is 5.23. The summed E-state index contributed by atoms with van der Waals surface area (Å²) in [5, 5.41) is 8.66. The van der Waals surface area contributed by atoms with Crippen molar-refractivity contribution in [1.29, 1.82) is 0 Å². The van der Waals surface area contributed by atoms with Gasteiger partial charge in [-0.05, 0) is 35.9 Å². The van der Waals surface area contributed by atoms with Crippen LogP contribution in [0.2, 0.25) is 20.1 Å². The van der Waals surface area contributed by atoms with E-state index in [0.29, 0.717) is 36.2 Å². The van der Waals surface area contributed by atoms with E-state index in [-0.39, 0.29) is 5.70 Å². The molecule has 1 aliphatic rings. The molecule has 0 aromatic heterocycles. The Labute approximate surface area is 168 Å². The molecule has 1 heterocycles. The Kier molecular flexibility index (Phi) is 5.53. The van der Waals surface area contributed by atoms with Crippen molar-refractivity contribution >= 4 is 70.6 Å². The first-order valence-corrected chi connectivity index (χ1v) is 8.67. The molecule has 5 nitrogen and oxygen atoms in total. The second-order valence-corrected chi connectivity index (χ2v) is 6.87. The number of imide groups is 1. The van der Waals surface area contributed by atoms with Gasteiger partial charge in [-0.15, -0.1) is 5.01 Å². The van der Waals surface area contributed by atoms with Crippen molar-refractivity contribution < 1.29 is 9.59 Å². The lowest BCUT2D eigenvalue weighted by Gasteiger charge is -2.04. The van der Waals surface area contributed by atoms with Crippen LogP contribution in [0.5, 0.6) is 0 Å². The molecule has 2 aromatic carbocycles. The van der Waals surface area contributed by atoms with E-state index in [4.69, 9.17) is 46.4 Å². The van der Waals surface area contributed by atoms with E-state index in [1.807, 2.05) is 0 Å². The zero-order valence-corrected chi connectivity index (χ0v) is 15.9. The first kappa shape index (κ1) is 18.7. The maximum Gasteiger partial charge on any atom is 0.350 e. The molecular weight excluding hydrogens is 420 g/mol. The average molecular weight is 429 g/mol. The van der Waals surface area contributed by atoms with Crippen LogP contribution in [0.1, 0.15) is 11.1 Å². The summed E-state index contributed by atoms with van der Waals surface area (Å²) in [7, 11) is 0. The Morgan fingerprint density at radius 1 is 0.885 bits per heavy atom. The summed E-state index contributed by atoms with van der Waals surface area (Å²) in [5.41, 5.74) is 1.08. The maximum absolute atomic E-state index is 12.4. The van der Waals surface area contributed by atoms with Gasteiger partial charge in [-0.3, -0.25) is 4.79 Å². The van der Waals surface area contributed by atoms with Crippen molar-refractivity contribution in [2.75, 3.05) is 0 Å². The third-order valence-electron chi connectivity index (χ3n) is 3.39. The van der Waals surface area contributed by atoms with Crippen molar-refractivity contribution in [3.05, 3.63) is 73.3 Å². The zero-order chi connectivity index (χ0) is 18.8. The molecule has 1 fully saturated rings. The molecule has 2 aromatic rings. The molecule has 0 atom stereocenters. The van der Waals surface area contributed by atoms with Crippen LogP contribution in [0.4, 0.5) is 4.79 Å². The fourth-order valence-corrected chi connectivity index (χ4v) is 3.05. The van der Waals surface area contributed by atoms with Gasteiger partial charge in [0, 0.05) is 20.6 Å². The predicted molar refractivity (Wildman–Crippen MR) is 104 cm³/mol. The monoisotopic (exact) mass is 427 g/mol. The quantitative estimate of drug-likeness (QED) is 0.413. The number of hydrogen-bond donors (Lipinski definition) is 1. The zero-order valence-electron chi connectivity index (χ0n) is 12.8. The fraction of sp³-hybridized carbons (Fsp3) is 0. The van der Waals surface area contributed by atoms with Crippen LogP contribution >= 0.6 is 46.4 Å². The number of amides is 3. The molecule has 132 valence electrons. The topological polar surface area (TPSA) is 61.8 Å². The van der Waals surface area contributed by atoms with Gasteiger partial charge in [-0.2, -0.15) is 5.10 Å². The minimum Gasteiger partial charge on any atom is -0.301 e. The normalized spacial score (nSPS) is 16.0. The minimum absolute atomic E-state index is 0.0403. The van der Waals surface area contributed by atoms with Crippen molar-refractivity contribution in [1.82, 2.24) is 10.3 Å². The molecule has 1 N–H and O–H groups in total. The summed E-state index contributed by atoms with van der Waals surface area (Å²) in [4.78, 5) is 24.4. The van der Waals surface area contributed by atoms with E-state index < -0.39 is 11.9 Å². The first-order valence-electron chi connectivity index (χ1n) is 7.16. The van der Waals surface area contributed by atoms with Gasteiger partial charge in [-0.1, -0.05) is 58.5 Å². The summed E-state index contributed by atoms with van der Waals surface area (Å²) in [6, 6.07) is 8.88. The van der Waals surface area contributed by atoms with Gasteiger partial charge in [0.2, 0.25) is 0 Å². The highest BCUT2D eigenvalue weighted by Gasteiger charge is 2.33. The van der Waals surface area contributed by atoms with Gasteiger partial charge < -0.3 is 5.32 Å². The lowest BCUT2D eigenvalue weighted by molar-refractivity contribution is -0.122. The Balaban J connectivity index is 1.84. The summed E-state index contributed by atoms with van der Waals surface area (Å²) in [6.07, 6.45) is 2.75. The molecule has 0 aliphatic carbocycles. The molecule has 9 heteroatoms. The minimum atomic E-state index is -0.687. The number of rotatable bonds is 3. The van der Waals surface area contributed by atoms with Gasteiger partial charge in [0.05, 0.1) is 11.2 Å². The highest BCUT2D eigenvalue weighted by molar-refractivity contribution is 6.36. The molecule has 1 aliphatic heterocycles. The van der Waals surface area contributed by atoms with E-state index >= 15 is 0 Å². The molecule has 0 spiro atoms. The number of hydrogen-bond acceptors (Lipinski definition) is 3. The Hall–Kier alpha value is -2.05. The van der Waals surface area contributed by atoms with E-state index in [0.717, 1.165) is 0 Å². The van der Waals surface area contributed by atoms with Crippen molar-refractivity contribution in [3.63, 3.8) is 0 Å². The Bertz CT molecular complexity index is 972. The Morgan fingerprint density at radius 3 is 2.04 bits per heavy atom. The van der Waals surface area contributed by atoms with Crippen LogP contribution in [0, 0.1) is 0 Å². The highest BCUT2D eigenvalue weighted by Crippen LogP contribution is 2.24. The lowest BCUT2D eigenvalue weighted by atomic mass is 10.2. The molecule has 1 saturated heterocycles. The molecule has 0 bridgehead atoms. The summed E-state index contributed by atoms with van der Waals surface area (Å²) >= 11 is 23.8. The smallest absolute Gasteiger partial charge is 0.301 e. The summed E-state index contributed by atoms with van der Waals surface area (Å²) < 4.78 is 0. The second kappa shape index (κ2) is 7.68. The van der Waals surface area contributed by atoms with Crippen molar-refractivity contribution in [2.24, 2.45) is 5.10 Å². The third-order valence-corrected chi connectivity index (χ3v) is 4.52. The third kappa shape index (κ3) is 4.02. The maximum atomic E-state index is 12.4. The number of nitrogens with zero attached hydrogens (tertiary/aromatic N) is 2. The summed E-state index contributed by atoms with van der Waals surface area (Å²) in [6.45, 7) is 0. The molecule has 0 unspecified atom stereocenters. The molecule has 0 radical (unpaired) electrons. The molecule has 0 saturated carbocycles. The van der Waals surface area contributed by atoms with E-state index in [1.165, 1.54) is 24.4 Å². The SMILES string of the molecule is O=C1N/C(=C\c2ccc(Cl)cc2Cl)C(=O)N1/N=C\c1ccc(Cl)cc1Cl.